The quantitative estimate of drug-likeness (QED) is 0.849. The first kappa shape index (κ1) is 16.3. The Morgan fingerprint density at radius 1 is 1.23 bits per heavy atom. The van der Waals surface area contributed by atoms with E-state index >= 15 is 0 Å². The molecular weight excluding hydrogens is 276 g/mol. The van der Waals surface area contributed by atoms with Crippen molar-refractivity contribution < 1.29 is 9.59 Å². The van der Waals surface area contributed by atoms with Crippen LogP contribution in [-0.2, 0) is 9.59 Å². The Morgan fingerprint density at radius 3 is 2.55 bits per heavy atom. The molecule has 118 valence electrons. The van der Waals surface area contributed by atoms with Crippen LogP contribution in [0.2, 0.25) is 0 Å². The second kappa shape index (κ2) is 8.37. The Balaban J connectivity index is 1.80. The molecule has 1 N–H and O–H groups in total. The van der Waals surface area contributed by atoms with Crippen LogP contribution in [0.4, 0.5) is 0 Å². The number of carbonyl (C=O) groups is 2. The van der Waals surface area contributed by atoms with Crippen molar-refractivity contribution in [1.82, 2.24) is 10.2 Å². The molecule has 1 fully saturated rings. The lowest BCUT2D eigenvalue weighted by atomic mass is 9.96. The van der Waals surface area contributed by atoms with Gasteiger partial charge in [-0.25, -0.2) is 0 Å². The molecule has 0 aromatic heterocycles. The van der Waals surface area contributed by atoms with Crippen LogP contribution in [0.25, 0.3) is 6.08 Å². The first-order valence-corrected chi connectivity index (χ1v) is 8.00. The molecule has 0 bridgehead atoms. The molecule has 1 aliphatic heterocycles. The van der Waals surface area contributed by atoms with E-state index in [1.54, 1.807) is 6.08 Å². The van der Waals surface area contributed by atoms with Crippen LogP contribution in [0, 0.1) is 5.92 Å². The number of benzene rings is 1. The number of rotatable bonds is 5. The van der Waals surface area contributed by atoms with Gasteiger partial charge < -0.3 is 10.2 Å². The normalized spacial score (nSPS) is 16.0. The van der Waals surface area contributed by atoms with E-state index in [9.17, 15) is 9.59 Å². The molecule has 0 radical (unpaired) electrons. The highest BCUT2D eigenvalue weighted by Gasteiger charge is 2.26. The van der Waals surface area contributed by atoms with Gasteiger partial charge in [0, 0.05) is 31.6 Å². The minimum atomic E-state index is 0.0243. The fraction of sp³-hybridized carbons (Fsp3) is 0.444. The number of nitrogens with zero attached hydrogens (tertiary/aromatic N) is 1. The van der Waals surface area contributed by atoms with Gasteiger partial charge in [-0.15, -0.1) is 0 Å². The van der Waals surface area contributed by atoms with Gasteiger partial charge in [-0.3, -0.25) is 9.59 Å². The Morgan fingerprint density at radius 2 is 1.91 bits per heavy atom. The Hall–Kier alpha value is -2.10. The van der Waals surface area contributed by atoms with E-state index in [0.717, 1.165) is 31.4 Å². The fourth-order valence-corrected chi connectivity index (χ4v) is 2.59. The molecule has 4 nitrogen and oxygen atoms in total. The lowest BCUT2D eigenvalue weighted by molar-refractivity contribution is -0.132. The molecule has 1 heterocycles. The molecule has 0 atom stereocenters. The van der Waals surface area contributed by atoms with E-state index in [1.807, 2.05) is 48.2 Å². The first-order chi connectivity index (χ1) is 10.7. The molecule has 1 aromatic rings. The van der Waals surface area contributed by atoms with Gasteiger partial charge in [-0.05, 0) is 30.9 Å². The summed E-state index contributed by atoms with van der Waals surface area (Å²) < 4.78 is 0. The van der Waals surface area contributed by atoms with Crippen molar-refractivity contribution in [2.24, 2.45) is 5.92 Å². The molecule has 1 saturated heterocycles. The van der Waals surface area contributed by atoms with Gasteiger partial charge in [-0.1, -0.05) is 37.3 Å². The molecule has 0 saturated carbocycles. The maximum atomic E-state index is 12.2. The number of hydrogen-bond acceptors (Lipinski definition) is 2. The summed E-state index contributed by atoms with van der Waals surface area (Å²) in [6.07, 6.45) is 5.91. The van der Waals surface area contributed by atoms with Gasteiger partial charge in [0.25, 0.3) is 0 Å². The van der Waals surface area contributed by atoms with Crippen molar-refractivity contribution in [3.05, 3.63) is 42.0 Å². The zero-order valence-electron chi connectivity index (χ0n) is 13.1. The molecule has 0 spiro atoms. The van der Waals surface area contributed by atoms with Crippen molar-refractivity contribution in [3.63, 3.8) is 0 Å². The minimum Gasteiger partial charge on any atom is -0.356 e. The molecule has 2 amide bonds. The van der Waals surface area contributed by atoms with Crippen LogP contribution < -0.4 is 5.32 Å². The van der Waals surface area contributed by atoms with Crippen molar-refractivity contribution in [1.29, 1.82) is 0 Å². The third-order valence-corrected chi connectivity index (χ3v) is 3.94. The van der Waals surface area contributed by atoms with Crippen LogP contribution in [0.5, 0.6) is 0 Å². The van der Waals surface area contributed by atoms with E-state index in [0.29, 0.717) is 13.1 Å². The van der Waals surface area contributed by atoms with Crippen molar-refractivity contribution in [2.45, 2.75) is 26.2 Å². The third kappa shape index (κ3) is 4.72. The van der Waals surface area contributed by atoms with Crippen molar-refractivity contribution in [3.8, 4) is 0 Å². The second-order valence-electron chi connectivity index (χ2n) is 5.63. The van der Waals surface area contributed by atoms with Gasteiger partial charge in [0.15, 0.2) is 0 Å². The smallest absolute Gasteiger partial charge is 0.246 e. The van der Waals surface area contributed by atoms with Gasteiger partial charge in [0.05, 0.1) is 0 Å². The lowest BCUT2D eigenvalue weighted by Gasteiger charge is -2.30. The monoisotopic (exact) mass is 300 g/mol. The highest BCUT2D eigenvalue weighted by atomic mass is 16.2. The molecule has 1 aromatic carbocycles. The van der Waals surface area contributed by atoms with E-state index in [2.05, 4.69) is 5.32 Å². The van der Waals surface area contributed by atoms with Crippen LogP contribution in [0.3, 0.4) is 0 Å². The van der Waals surface area contributed by atoms with Crippen LogP contribution in [-0.4, -0.2) is 36.3 Å². The summed E-state index contributed by atoms with van der Waals surface area (Å²) >= 11 is 0. The van der Waals surface area contributed by atoms with E-state index in [1.165, 1.54) is 0 Å². The van der Waals surface area contributed by atoms with Crippen LogP contribution in [0.15, 0.2) is 36.4 Å². The average molecular weight is 300 g/mol. The highest BCUT2D eigenvalue weighted by molar-refractivity contribution is 5.92. The van der Waals surface area contributed by atoms with Crippen LogP contribution >= 0.6 is 0 Å². The summed E-state index contributed by atoms with van der Waals surface area (Å²) in [7, 11) is 0. The van der Waals surface area contributed by atoms with Gasteiger partial charge in [0.2, 0.25) is 11.8 Å². The lowest BCUT2D eigenvalue weighted by Crippen LogP contribution is -2.42. The number of likely N-dealkylation sites (tertiary alicyclic amines) is 1. The average Bonchev–Trinajstić information content (AvgIpc) is 2.58. The van der Waals surface area contributed by atoms with Gasteiger partial charge in [0.1, 0.15) is 0 Å². The summed E-state index contributed by atoms with van der Waals surface area (Å²) in [6.45, 7) is 4.09. The standard InChI is InChI=1S/C18H24N2O2/c1-2-12-19-18(22)16-10-13-20(14-11-16)17(21)9-8-15-6-4-3-5-7-15/h3-9,16H,2,10-14H2,1H3,(H,19,22)/b9-8+. The molecule has 22 heavy (non-hydrogen) atoms. The molecule has 2 rings (SSSR count). The number of carbonyl (C=O) groups excluding carboxylic acids is 2. The zero-order valence-corrected chi connectivity index (χ0v) is 13.1. The summed E-state index contributed by atoms with van der Waals surface area (Å²) in [5, 5.41) is 2.94. The molecular formula is C18H24N2O2. The highest BCUT2D eigenvalue weighted by Crippen LogP contribution is 2.18. The molecule has 0 aliphatic carbocycles. The SMILES string of the molecule is CCCNC(=O)C1CCN(C(=O)/C=C/c2ccccc2)CC1. The maximum absolute atomic E-state index is 12.2. The van der Waals surface area contributed by atoms with Gasteiger partial charge >= 0.3 is 0 Å². The first-order valence-electron chi connectivity index (χ1n) is 8.00. The second-order valence-corrected chi connectivity index (χ2v) is 5.63. The van der Waals surface area contributed by atoms with E-state index in [4.69, 9.17) is 0 Å². The van der Waals surface area contributed by atoms with E-state index in [-0.39, 0.29) is 17.7 Å². The third-order valence-electron chi connectivity index (χ3n) is 3.94. The van der Waals surface area contributed by atoms with E-state index < -0.39 is 0 Å². The zero-order chi connectivity index (χ0) is 15.8. The molecule has 1 aliphatic rings. The summed E-state index contributed by atoms with van der Waals surface area (Å²) in [5.41, 5.74) is 1.02. The Kier molecular flexibility index (Phi) is 6.19. The van der Waals surface area contributed by atoms with Crippen molar-refractivity contribution >= 4 is 17.9 Å². The molecule has 4 heteroatoms. The number of amides is 2. The van der Waals surface area contributed by atoms with Crippen molar-refractivity contribution in [2.75, 3.05) is 19.6 Å². The summed E-state index contributed by atoms with van der Waals surface area (Å²) in [4.78, 5) is 25.9. The van der Waals surface area contributed by atoms with Crippen LogP contribution in [0.1, 0.15) is 31.7 Å². The maximum Gasteiger partial charge on any atom is 0.246 e. The Bertz CT molecular complexity index is 517. The Labute approximate surface area is 132 Å². The molecule has 0 unspecified atom stereocenters. The summed E-state index contributed by atoms with van der Waals surface area (Å²) in [6, 6.07) is 9.78. The topological polar surface area (TPSA) is 49.4 Å². The summed E-state index contributed by atoms with van der Waals surface area (Å²) in [5.74, 6) is 0.207. The van der Waals surface area contributed by atoms with Gasteiger partial charge in [-0.2, -0.15) is 0 Å². The number of hydrogen-bond donors (Lipinski definition) is 1. The number of piperidine rings is 1. The predicted octanol–water partition coefficient (Wildman–Crippen LogP) is 2.46. The fourth-order valence-electron chi connectivity index (χ4n) is 2.59. The minimum absolute atomic E-state index is 0.0243. The largest absolute Gasteiger partial charge is 0.356 e. The number of nitrogens with one attached hydrogen (secondary N) is 1. The predicted molar refractivity (Wildman–Crippen MR) is 88.1 cm³/mol.